The number of carbonyl (C=O) groups excluding carboxylic acids is 3. The van der Waals surface area contributed by atoms with E-state index in [4.69, 9.17) is 9.47 Å². The molecular weight excluding hydrogens is 592 g/mol. The molecule has 5 atom stereocenters. The lowest BCUT2D eigenvalue weighted by Gasteiger charge is -2.37. The van der Waals surface area contributed by atoms with Crippen molar-refractivity contribution in [2.45, 2.75) is 56.8 Å². The molecule has 2 N–H and O–H groups in total. The smallest absolute Gasteiger partial charge is 0.310 e. The Balaban J connectivity index is 1.53. The molecule has 1 aliphatic rings. The summed E-state index contributed by atoms with van der Waals surface area (Å²) in [6.07, 6.45) is 4.13. The molecule has 0 aliphatic carbocycles. The summed E-state index contributed by atoms with van der Waals surface area (Å²) in [5.41, 5.74) is 3.85. The Kier molecular flexibility index (Phi) is 13.5. The molecular formula is C39H46N2O6. The van der Waals surface area contributed by atoms with Gasteiger partial charge in [-0.05, 0) is 47.9 Å². The zero-order valence-corrected chi connectivity index (χ0v) is 27.1. The number of nitrogens with zero attached hydrogens (tertiary/aromatic N) is 1. The summed E-state index contributed by atoms with van der Waals surface area (Å²) in [4.78, 5) is 42.9. The first-order valence-corrected chi connectivity index (χ1v) is 16.2. The SMILES string of the molecule is C=CC[C@H](CC(=O)N1Cc2ccccc2C[C@H]1CO)C(=O)N[C@@H](COC)[C@@H](OC(=O)[C@@H](CC=C)Cc1ccccc1)c1ccccc1. The van der Waals surface area contributed by atoms with Gasteiger partial charge < -0.3 is 24.8 Å². The molecule has 3 aromatic rings. The van der Waals surface area contributed by atoms with Gasteiger partial charge in [-0.15, -0.1) is 13.2 Å². The Hall–Kier alpha value is -4.53. The van der Waals surface area contributed by atoms with Crippen molar-refractivity contribution in [1.82, 2.24) is 10.2 Å². The Morgan fingerprint density at radius 3 is 2.17 bits per heavy atom. The molecule has 248 valence electrons. The summed E-state index contributed by atoms with van der Waals surface area (Å²) in [6, 6.07) is 25.8. The number of ether oxygens (including phenoxy) is 2. The zero-order chi connectivity index (χ0) is 33.6. The Labute approximate surface area is 278 Å². The highest BCUT2D eigenvalue weighted by Crippen LogP contribution is 2.28. The van der Waals surface area contributed by atoms with E-state index in [1.165, 1.54) is 7.11 Å². The van der Waals surface area contributed by atoms with Crippen LogP contribution in [0.4, 0.5) is 0 Å². The zero-order valence-electron chi connectivity index (χ0n) is 27.1. The number of aliphatic hydroxyl groups is 1. The predicted octanol–water partition coefficient (Wildman–Crippen LogP) is 5.37. The van der Waals surface area contributed by atoms with Crippen LogP contribution in [0.3, 0.4) is 0 Å². The highest BCUT2D eigenvalue weighted by molar-refractivity contribution is 5.86. The van der Waals surface area contributed by atoms with E-state index in [0.717, 1.165) is 16.7 Å². The van der Waals surface area contributed by atoms with Crippen molar-refractivity contribution < 1.29 is 29.0 Å². The van der Waals surface area contributed by atoms with Gasteiger partial charge in [-0.25, -0.2) is 0 Å². The normalized spacial score (nSPS) is 16.6. The highest BCUT2D eigenvalue weighted by Gasteiger charge is 2.35. The molecule has 47 heavy (non-hydrogen) atoms. The second-order valence-electron chi connectivity index (χ2n) is 12.0. The van der Waals surface area contributed by atoms with Gasteiger partial charge in [-0.1, -0.05) is 97.1 Å². The monoisotopic (exact) mass is 638 g/mol. The molecule has 0 radical (unpaired) electrons. The lowest BCUT2D eigenvalue weighted by Crippen LogP contribution is -2.49. The third kappa shape index (κ3) is 9.73. The molecule has 0 fully saturated rings. The maximum atomic E-state index is 13.9. The van der Waals surface area contributed by atoms with Crippen molar-refractivity contribution >= 4 is 17.8 Å². The third-order valence-electron chi connectivity index (χ3n) is 8.65. The molecule has 8 heteroatoms. The van der Waals surface area contributed by atoms with Crippen LogP contribution >= 0.6 is 0 Å². The number of amides is 2. The van der Waals surface area contributed by atoms with E-state index in [9.17, 15) is 19.5 Å². The number of rotatable bonds is 17. The van der Waals surface area contributed by atoms with Crippen molar-refractivity contribution in [2.75, 3.05) is 20.3 Å². The number of benzene rings is 3. The van der Waals surface area contributed by atoms with E-state index in [-0.39, 0.29) is 43.9 Å². The summed E-state index contributed by atoms with van der Waals surface area (Å²) >= 11 is 0. The van der Waals surface area contributed by atoms with E-state index < -0.39 is 30.0 Å². The summed E-state index contributed by atoms with van der Waals surface area (Å²) in [7, 11) is 1.52. The Morgan fingerprint density at radius 2 is 1.53 bits per heavy atom. The second-order valence-corrected chi connectivity index (χ2v) is 12.0. The number of methoxy groups -OCH3 is 1. The van der Waals surface area contributed by atoms with Crippen molar-refractivity contribution in [3.8, 4) is 0 Å². The van der Waals surface area contributed by atoms with E-state index >= 15 is 0 Å². The van der Waals surface area contributed by atoms with Gasteiger partial charge in [0, 0.05) is 20.1 Å². The fourth-order valence-electron chi connectivity index (χ4n) is 6.15. The van der Waals surface area contributed by atoms with Gasteiger partial charge in [-0.2, -0.15) is 0 Å². The Morgan fingerprint density at radius 1 is 0.915 bits per heavy atom. The van der Waals surface area contributed by atoms with Gasteiger partial charge in [0.2, 0.25) is 11.8 Å². The van der Waals surface area contributed by atoms with E-state index in [2.05, 4.69) is 18.5 Å². The van der Waals surface area contributed by atoms with Crippen molar-refractivity contribution in [3.05, 3.63) is 132 Å². The minimum absolute atomic E-state index is 0.0631. The molecule has 3 aromatic carbocycles. The van der Waals surface area contributed by atoms with Gasteiger partial charge in [0.15, 0.2) is 0 Å². The second kappa shape index (κ2) is 18.0. The molecule has 8 nitrogen and oxygen atoms in total. The van der Waals surface area contributed by atoms with Crippen LogP contribution in [0.2, 0.25) is 0 Å². The van der Waals surface area contributed by atoms with Crippen LogP contribution < -0.4 is 5.32 Å². The number of nitrogens with one attached hydrogen (secondary N) is 1. The van der Waals surface area contributed by atoms with E-state index in [1.807, 2.05) is 84.9 Å². The van der Waals surface area contributed by atoms with Crippen LogP contribution in [-0.4, -0.2) is 60.2 Å². The van der Waals surface area contributed by atoms with Gasteiger partial charge >= 0.3 is 5.97 Å². The van der Waals surface area contributed by atoms with Gasteiger partial charge in [0.25, 0.3) is 0 Å². The maximum Gasteiger partial charge on any atom is 0.310 e. The third-order valence-corrected chi connectivity index (χ3v) is 8.65. The molecule has 0 saturated heterocycles. The van der Waals surface area contributed by atoms with Crippen LogP contribution in [-0.2, 0) is 43.2 Å². The van der Waals surface area contributed by atoms with Crippen LogP contribution in [0.15, 0.2) is 110 Å². The standard InChI is InChI=1S/C39H46N2O6/c1-4-14-31(24-36(43)41-25-33-21-13-12-20-30(33)23-34(41)26-42)38(44)40-35(27-46-3)37(29-18-10-7-11-19-29)47-39(45)32(15-5-2)22-28-16-8-6-9-17-28/h4-13,16-21,31-32,34-35,37,42H,1-2,14-15,22-27H2,3H3,(H,40,44)/t31-,32+,34+,35+,37+/m1/s1. The molecule has 1 aliphatic heterocycles. The summed E-state index contributed by atoms with van der Waals surface area (Å²) in [6.45, 7) is 7.93. The summed E-state index contributed by atoms with van der Waals surface area (Å²) < 4.78 is 11.7. The maximum absolute atomic E-state index is 13.9. The number of allylic oxidation sites excluding steroid dienone is 2. The first-order chi connectivity index (χ1) is 22.9. The van der Waals surface area contributed by atoms with Crippen LogP contribution in [0.1, 0.15) is 47.6 Å². The topological polar surface area (TPSA) is 105 Å². The fourth-order valence-corrected chi connectivity index (χ4v) is 6.15. The molecule has 0 bridgehead atoms. The van der Waals surface area contributed by atoms with Crippen LogP contribution in [0.5, 0.6) is 0 Å². The average Bonchev–Trinajstić information content (AvgIpc) is 3.10. The number of aliphatic hydroxyl groups excluding tert-OH is 1. The first-order valence-electron chi connectivity index (χ1n) is 16.2. The first kappa shape index (κ1) is 35.3. The molecule has 0 unspecified atom stereocenters. The molecule has 0 aromatic heterocycles. The number of hydrogen-bond donors (Lipinski definition) is 2. The van der Waals surface area contributed by atoms with Gasteiger partial charge in [0.05, 0.1) is 37.1 Å². The van der Waals surface area contributed by atoms with Crippen molar-refractivity contribution in [1.29, 1.82) is 0 Å². The minimum Gasteiger partial charge on any atom is -0.455 e. The predicted molar refractivity (Wildman–Crippen MR) is 182 cm³/mol. The number of carbonyl (C=O) groups is 3. The highest BCUT2D eigenvalue weighted by atomic mass is 16.5. The lowest BCUT2D eigenvalue weighted by molar-refractivity contribution is -0.158. The summed E-state index contributed by atoms with van der Waals surface area (Å²) in [5.74, 6) is -2.20. The quantitative estimate of drug-likeness (QED) is 0.152. The lowest BCUT2D eigenvalue weighted by atomic mass is 9.92. The van der Waals surface area contributed by atoms with Crippen molar-refractivity contribution in [3.63, 3.8) is 0 Å². The van der Waals surface area contributed by atoms with Gasteiger partial charge in [-0.3, -0.25) is 14.4 Å². The molecule has 2 amide bonds. The van der Waals surface area contributed by atoms with Crippen LogP contribution in [0, 0.1) is 11.8 Å². The molecule has 0 saturated carbocycles. The molecule has 0 spiro atoms. The van der Waals surface area contributed by atoms with E-state index in [1.54, 1.807) is 17.1 Å². The average molecular weight is 639 g/mol. The van der Waals surface area contributed by atoms with Crippen molar-refractivity contribution in [2.24, 2.45) is 11.8 Å². The fraction of sp³-hybridized carbons (Fsp3) is 0.359. The minimum atomic E-state index is -0.854. The van der Waals surface area contributed by atoms with E-state index in [0.29, 0.717) is 31.4 Å². The summed E-state index contributed by atoms with van der Waals surface area (Å²) in [5, 5.41) is 13.2. The molecule has 4 rings (SSSR count). The van der Waals surface area contributed by atoms with Crippen LogP contribution in [0.25, 0.3) is 0 Å². The molecule has 1 heterocycles. The van der Waals surface area contributed by atoms with Gasteiger partial charge in [0.1, 0.15) is 6.10 Å². The largest absolute Gasteiger partial charge is 0.455 e. The number of fused-ring (bicyclic) bond motifs is 1. The Bertz CT molecular complexity index is 1480. The number of hydrogen-bond acceptors (Lipinski definition) is 6. The number of esters is 1.